The maximum absolute atomic E-state index is 13.1. The van der Waals surface area contributed by atoms with Gasteiger partial charge in [0.2, 0.25) is 0 Å². The fourth-order valence-corrected chi connectivity index (χ4v) is 3.32. The molecule has 2 amide bonds. The average Bonchev–Trinajstić information content (AvgIpc) is 3.12. The van der Waals surface area contributed by atoms with Crippen molar-refractivity contribution in [1.29, 1.82) is 0 Å². The summed E-state index contributed by atoms with van der Waals surface area (Å²) in [4.78, 5) is 35.3. The minimum atomic E-state index is -0.665. The highest BCUT2D eigenvalue weighted by molar-refractivity contribution is 5.99. The topological polar surface area (TPSA) is 93.6 Å². The number of primary amides is 1. The molecule has 0 spiro atoms. The van der Waals surface area contributed by atoms with E-state index in [4.69, 9.17) is 5.73 Å². The minimum absolute atomic E-state index is 0.0653. The minimum Gasteiger partial charge on any atom is -0.364 e. The van der Waals surface area contributed by atoms with Crippen LogP contribution < -0.4 is 5.73 Å². The van der Waals surface area contributed by atoms with Gasteiger partial charge >= 0.3 is 0 Å². The predicted molar refractivity (Wildman–Crippen MR) is 96.7 cm³/mol. The van der Waals surface area contributed by atoms with Crippen molar-refractivity contribution in [3.05, 3.63) is 54.1 Å². The number of carbonyl (C=O) groups is 2. The number of benzene rings is 1. The van der Waals surface area contributed by atoms with Gasteiger partial charge in [-0.15, -0.1) is 0 Å². The van der Waals surface area contributed by atoms with E-state index in [0.717, 1.165) is 37.9 Å². The second-order valence-electron chi connectivity index (χ2n) is 6.40. The number of carbonyl (C=O) groups excluding carboxylic acids is 2. The van der Waals surface area contributed by atoms with Crippen molar-refractivity contribution in [3.63, 3.8) is 0 Å². The van der Waals surface area contributed by atoms with Crippen LogP contribution in [-0.4, -0.2) is 44.2 Å². The molecular formula is C19H19N5O2. The Hall–Kier alpha value is -3.22. The van der Waals surface area contributed by atoms with Crippen molar-refractivity contribution in [1.82, 2.24) is 19.3 Å². The van der Waals surface area contributed by atoms with E-state index in [1.807, 2.05) is 35.2 Å². The molecule has 132 valence electrons. The van der Waals surface area contributed by atoms with Gasteiger partial charge in [-0.1, -0.05) is 30.3 Å². The summed E-state index contributed by atoms with van der Waals surface area (Å²) in [5.74, 6) is -0.746. The van der Waals surface area contributed by atoms with Gasteiger partial charge in [-0.05, 0) is 25.3 Å². The molecule has 0 atom stereocenters. The van der Waals surface area contributed by atoms with Crippen LogP contribution in [0.3, 0.4) is 0 Å². The molecule has 4 rings (SSSR count). The first-order valence-electron chi connectivity index (χ1n) is 8.68. The molecule has 7 heteroatoms. The van der Waals surface area contributed by atoms with Crippen LogP contribution in [0.15, 0.2) is 42.7 Å². The van der Waals surface area contributed by atoms with E-state index in [2.05, 4.69) is 9.97 Å². The number of nitrogens with two attached hydrogens (primary N) is 1. The Morgan fingerprint density at radius 1 is 1.04 bits per heavy atom. The summed E-state index contributed by atoms with van der Waals surface area (Å²) in [6.45, 7) is 1.47. The van der Waals surface area contributed by atoms with Crippen LogP contribution >= 0.6 is 0 Å². The fourth-order valence-electron chi connectivity index (χ4n) is 3.32. The molecule has 1 aliphatic rings. The van der Waals surface area contributed by atoms with Crippen molar-refractivity contribution in [2.24, 2.45) is 5.73 Å². The van der Waals surface area contributed by atoms with Crippen molar-refractivity contribution in [2.45, 2.75) is 19.3 Å². The monoisotopic (exact) mass is 349 g/mol. The fraction of sp³-hybridized carbons (Fsp3) is 0.263. The summed E-state index contributed by atoms with van der Waals surface area (Å²) >= 11 is 0. The summed E-state index contributed by atoms with van der Waals surface area (Å²) in [5.41, 5.74) is 7.72. The van der Waals surface area contributed by atoms with E-state index in [-0.39, 0.29) is 11.6 Å². The molecule has 2 aromatic heterocycles. The van der Waals surface area contributed by atoms with Crippen molar-refractivity contribution >= 4 is 17.5 Å². The third-order valence-corrected chi connectivity index (χ3v) is 4.67. The van der Waals surface area contributed by atoms with E-state index in [1.54, 1.807) is 10.5 Å². The first-order chi connectivity index (χ1) is 12.6. The van der Waals surface area contributed by atoms with Crippen molar-refractivity contribution < 1.29 is 9.59 Å². The number of rotatable bonds is 3. The van der Waals surface area contributed by atoms with Crippen LogP contribution in [0.1, 0.15) is 40.2 Å². The van der Waals surface area contributed by atoms with E-state index < -0.39 is 5.91 Å². The van der Waals surface area contributed by atoms with Crippen molar-refractivity contribution in [2.75, 3.05) is 13.1 Å². The Morgan fingerprint density at radius 3 is 2.46 bits per heavy atom. The van der Waals surface area contributed by atoms with Crippen LogP contribution in [0.4, 0.5) is 0 Å². The van der Waals surface area contributed by atoms with Gasteiger partial charge < -0.3 is 10.6 Å². The van der Waals surface area contributed by atoms with Gasteiger partial charge in [0.05, 0.1) is 5.69 Å². The standard InChI is InChI=1S/C19H19N5O2/c20-17(25)16-18-22-14(13-7-3-1-4-8-13)11-15(24(18)12-21-16)19(26)23-9-5-2-6-10-23/h1,3-4,7-8,11-12H,2,5-6,9-10H2,(H2,20,25). The Bertz CT molecular complexity index is 974. The number of imidazole rings is 1. The highest BCUT2D eigenvalue weighted by Crippen LogP contribution is 2.23. The maximum atomic E-state index is 13.1. The molecule has 3 heterocycles. The lowest BCUT2D eigenvalue weighted by Crippen LogP contribution is -2.36. The van der Waals surface area contributed by atoms with Gasteiger partial charge in [0.15, 0.2) is 11.3 Å². The number of piperidine rings is 1. The Morgan fingerprint density at radius 2 is 1.77 bits per heavy atom. The molecule has 0 unspecified atom stereocenters. The lowest BCUT2D eigenvalue weighted by atomic mass is 10.1. The van der Waals surface area contributed by atoms with Gasteiger partial charge in [-0.3, -0.25) is 14.0 Å². The lowest BCUT2D eigenvalue weighted by molar-refractivity contribution is 0.0716. The molecule has 0 radical (unpaired) electrons. The maximum Gasteiger partial charge on any atom is 0.271 e. The molecule has 1 saturated heterocycles. The predicted octanol–water partition coefficient (Wildman–Crippen LogP) is 2.12. The highest BCUT2D eigenvalue weighted by atomic mass is 16.2. The van der Waals surface area contributed by atoms with Crippen LogP contribution in [-0.2, 0) is 0 Å². The van der Waals surface area contributed by atoms with Crippen molar-refractivity contribution in [3.8, 4) is 11.3 Å². The van der Waals surface area contributed by atoms with E-state index in [9.17, 15) is 9.59 Å². The SMILES string of the molecule is NC(=O)c1ncn2c(C(=O)N3CCCCC3)cc(-c3ccccc3)nc12. The zero-order valence-corrected chi connectivity index (χ0v) is 14.3. The normalized spacial score (nSPS) is 14.5. The molecule has 1 aliphatic heterocycles. The molecule has 0 bridgehead atoms. The Balaban J connectivity index is 1.90. The van der Waals surface area contributed by atoms with Gasteiger partial charge in [0.25, 0.3) is 11.8 Å². The van der Waals surface area contributed by atoms with Crippen LogP contribution in [0.5, 0.6) is 0 Å². The number of amides is 2. The van der Waals surface area contributed by atoms with E-state index in [1.165, 1.54) is 6.33 Å². The zero-order chi connectivity index (χ0) is 18.1. The number of nitrogens with zero attached hydrogens (tertiary/aromatic N) is 4. The van der Waals surface area contributed by atoms with Gasteiger partial charge in [0, 0.05) is 18.7 Å². The quantitative estimate of drug-likeness (QED) is 0.784. The molecule has 3 aromatic rings. The number of fused-ring (bicyclic) bond motifs is 1. The molecule has 1 aromatic carbocycles. The third kappa shape index (κ3) is 2.81. The van der Waals surface area contributed by atoms with Gasteiger partial charge in [-0.25, -0.2) is 9.97 Å². The Kier molecular flexibility index (Phi) is 4.12. The second-order valence-corrected chi connectivity index (χ2v) is 6.40. The first kappa shape index (κ1) is 16.3. The van der Waals surface area contributed by atoms with Gasteiger partial charge in [-0.2, -0.15) is 0 Å². The van der Waals surface area contributed by atoms with Gasteiger partial charge in [0.1, 0.15) is 12.0 Å². The number of hydrogen-bond acceptors (Lipinski definition) is 4. The number of aromatic nitrogens is 3. The van der Waals surface area contributed by atoms with E-state index in [0.29, 0.717) is 17.0 Å². The number of likely N-dealkylation sites (tertiary alicyclic amines) is 1. The summed E-state index contributed by atoms with van der Waals surface area (Å²) < 4.78 is 1.56. The zero-order valence-electron chi connectivity index (χ0n) is 14.3. The average molecular weight is 349 g/mol. The van der Waals surface area contributed by atoms with E-state index >= 15 is 0 Å². The molecule has 7 nitrogen and oxygen atoms in total. The second kappa shape index (κ2) is 6.59. The summed E-state index contributed by atoms with van der Waals surface area (Å²) in [7, 11) is 0. The number of hydrogen-bond donors (Lipinski definition) is 1. The molecule has 2 N–H and O–H groups in total. The summed E-state index contributed by atoms with van der Waals surface area (Å²) in [6, 6.07) is 11.3. The lowest BCUT2D eigenvalue weighted by Gasteiger charge is -2.27. The Labute approximate surface area is 150 Å². The third-order valence-electron chi connectivity index (χ3n) is 4.67. The van der Waals surface area contributed by atoms with Crippen LogP contribution in [0.25, 0.3) is 16.9 Å². The molecule has 0 saturated carbocycles. The smallest absolute Gasteiger partial charge is 0.271 e. The van der Waals surface area contributed by atoms with Crippen LogP contribution in [0.2, 0.25) is 0 Å². The highest BCUT2D eigenvalue weighted by Gasteiger charge is 2.24. The molecular weight excluding hydrogens is 330 g/mol. The molecule has 26 heavy (non-hydrogen) atoms. The van der Waals surface area contributed by atoms with Crippen LogP contribution in [0, 0.1) is 0 Å². The summed E-state index contributed by atoms with van der Waals surface area (Å²) in [5, 5.41) is 0. The molecule has 1 fully saturated rings. The first-order valence-corrected chi connectivity index (χ1v) is 8.68. The summed E-state index contributed by atoms with van der Waals surface area (Å²) in [6.07, 6.45) is 4.58. The largest absolute Gasteiger partial charge is 0.364 e. The molecule has 0 aliphatic carbocycles.